The van der Waals surface area contributed by atoms with Gasteiger partial charge < -0.3 is 9.63 Å². The number of benzene rings is 1. The van der Waals surface area contributed by atoms with Crippen LogP contribution in [0.25, 0.3) is 0 Å². The summed E-state index contributed by atoms with van der Waals surface area (Å²) in [6.07, 6.45) is 2.49. The predicted molar refractivity (Wildman–Crippen MR) is 82.1 cm³/mol. The summed E-state index contributed by atoms with van der Waals surface area (Å²) >= 11 is 0. The molecule has 0 spiro atoms. The molecule has 4 heteroatoms. The van der Waals surface area contributed by atoms with E-state index < -0.39 is 6.10 Å². The maximum Gasteiger partial charge on any atom is 0.229 e. The molecule has 4 nitrogen and oxygen atoms in total. The molecule has 2 aromatic rings. The van der Waals surface area contributed by atoms with Crippen molar-refractivity contribution in [1.82, 2.24) is 10.1 Å². The van der Waals surface area contributed by atoms with Gasteiger partial charge in [-0.3, -0.25) is 0 Å². The highest BCUT2D eigenvalue weighted by atomic mass is 16.5. The van der Waals surface area contributed by atoms with Gasteiger partial charge in [0.25, 0.3) is 0 Å². The fourth-order valence-electron chi connectivity index (χ4n) is 2.74. The molecule has 1 N–H and O–H groups in total. The molecule has 0 fully saturated rings. The molecule has 1 heterocycles. The molecular weight excluding hydrogens is 264 g/mol. The van der Waals surface area contributed by atoms with Crippen LogP contribution in [0, 0.1) is 0 Å². The number of rotatable bonds is 7. The second kappa shape index (κ2) is 6.85. The Morgan fingerprint density at radius 1 is 1.14 bits per heavy atom. The van der Waals surface area contributed by atoms with E-state index >= 15 is 0 Å². The Morgan fingerprint density at radius 2 is 1.81 bits per heavy atom. The van der Waals surface area contributed by atoms with Crippen LogP contribution in [-0.4, -0.2) is 21.4 Å². The number of nitrogens with zero attached hydrogens (tertiary/aromatic N) is 2. The molecule has 21 heavy (non-hydrogen) atoms. The van der Waals surface area contributed by atoms with E-state index in [2.05, 4.69) is 36.1 Å². The molecule has 1 atom stereocenters. The van der Waals surface area contributed by atoms with Crippen molar-refractivity contribution in [3.63, 3.8) is 0 Å². The predicted octanol–water partition coefficient (Wildman–Crippen LogP) is 3.49. The van der Waals surface area contributed by atoms with Crippen LogP contribution in [-0.2, 0) is 11.8 Å². The van der Waals surface area contributed by atoms with Gasteiger partial charge in [-0.25, -0.2) is 0 Å². The number of aliphatic hydroxyl groups excluding tert-OH is 1. The summed E-state index contributed by atoms with van der Waals surface area (Å²) < 4.78 is 5.35. The minimum absolute atomic E-state index is 0.222. The van der Waals surface area contributed by atoms with Gasteiger partial charge in [0.2, 0.25) is 5.89 Å². The van der Waals surface area contributed by atoms with Crippen LogP contribution in [0.15, 0.2) is 34.9 Å². The standard InChI is InChI=1S/C17H24N2O2/c1-4-14(20)12-15-18-16(19-21-15)17(5-2,6-3)13-10-8-7-9-11-13/h7-11,14,20H,4-6,12H2,1-3H3. The molecular formula is C17H24N2O2. The van der Waals surface area contributed by atoms with Crippen LogP contribution >= 0.6 is 0 Å². The van der Waals surface area contributed by atoms with E-state index in [0.717, 1.165) is 18.7 Å². The quantitative estimate of drug-likeness (QED) is 0.847. The smallest absolute Gasteiger partial charge is 0.229 e. The molecule has 0 bridgehead atoms. The van der Waals surface area contributed by atoms with Gasteiger partial charge in [0.1, 0.15) is 0 Å². The van der Waals surface area contributed by atoms with E-state index in [9.17, 15) is 5.11 Å². The molecule has 0 aliphatic rings. The third kappa shape index (κ3) is 3.16. The normalized spacial score (nSPS) is 13.3. The number of hydrogen-bond donors (Lipinski definition) is 1. The van der Waals surface area contributed by atoms with E-state index in [4.69, 9.17) is 4.52 Å². The maximum absolute atomic E-state index is 9.73. The molecule has 0 aliphatic carbocycles. The van der Waals surface area contributed by atoms with Crippen molar-refractivity contribution in [2.45, 2.75) is 58.0 Å². The SMILES string of the molecule is CCC(O)Cc1nc(C(CC)(CC)c2ccccc2)no1. The summed E-state index contributed by atoms with van der Waals surface area (Å²) in [6, 6.07) is 10.3. The molecule has 2 rings (SSSR count). The molecule has 0 radical (unpaired) electrons. The third-order valence-electron chi connectivity index (χ3n) is 4.31. The Kier molecular flexibility index (Phi) is 5.12. The largest absolute Gasteiger partial charge is 0.393 e. The highest BCUT2D eigenvalue weighted by Gasteiger charge is 2.35. The van der Waals surface area contributed by atoms with Crippen LogP contribution in [0.1, 0.15) is 57.3 Å². The fourth-order valence-corrected chi connectivity index (χ4v) is 2.74. The Balaban J connectivity index is 2.35. The summed E-state index contributed by atoms with van der Waals surface area (Å²) in [7, 11) is 0. The minimum atomic E-state index is -0.423. The van der Waals surface area contributed by atoms with Gasteiger partial charge in [0.05, 0.1) is 17.9 Å². The van der Waals surface area contributed by atoms with Gasteiger partial charge in [-0.2, -0.15) is 4.98 Å². The van der Waals surface area contributed by atoms with Crippen LogP contribution < -0.4 is 0 Å². The van der Waals surface area contributed by atoms with Crippen molar-refractivity contribution in [2.75, 3.05) is 0 Å². The molecule has 1 aromatic heterocycles. The van der Waals surface area contributed by atoms with Crippen molar-refractivity contribution in [3.8, 4) is 0 Å². The fraction of sp³-hybridized carbons (Fsp3) is 0.529. The number of aromatic nitrogens is 2. The number of hydrogen-bond acceptors (Lipinski definition) is 4. The molecule has 1 aromatic carbocycles. The van der Waals surface area contributed by atoms with E-state index in [0.29, 0.717) is 18.7 Å². The first-order valence-corrected chi connectivity index (χ1v) is 7.72. The molecule has 114 valence electrons. The summed E-state index contributed by atoms with van der Waals surface area (Å²) in [6.45, 7) is 6.23. The number of aliphatic hydroxyl groups is 1. The lowest BCUT2D eigenvalue weighted by molar-refractivity contribution is 0.158. The highest BCUT2D eigenvalue weighted by Crippen LogP contribution is 2.36. The lowest BCUT2D eigenvalue weighted by atomic mass is 9.75. The van der Waals surface area contributed by atoms with Gasteiger partial charge in [-0.05, 0) is 24.8 Å². The van der Waals surface area contributed by atoms with Crippen molar-refractivity contribution in [1.29, 1.82) is 0 Å². The summed E-state index contributed by atoms with van der Waals surface area (Å²) in [5.74, 6) is 1.23. The minimum Gasteiger partial charge on any atom is -0.393 e. The van der Waals surface area contributed by atoms with Crippen LogP contribution in [0.2, 0.25) is 0 Å². The summed E-state index contributed by atoms with van der Waals surface area (Å²) in [5, 5.41) is 13.9. The molecule has 0 saturated carbocycles. The zero-order chi connectivity index (χ0) is 15.3. The maximum atomic E-state index is 9.73. The van der Waals surface area contributed by atoms with Gasteiger partial charge in [-0.1, -0.05) is 56.3 Å². The van der Waals surface area contributed by atoms with Gasteiger partial charge in [-0.15, -0.1) is 0 Å². The van der Waals surface area contributed by atoms with Crippen molar-refractivity contribution < 1.29 is 9.63 Å². The first-order chi connectivity index (χ1) is 10.2. The van der Waals surface area contributed by atoms with Gasteiger partial charge >= 0.3 is 0 Å². The highest BCUT2D eigenvalue weighted by molar-refractivity contribution is 5.32. The van der Waals surface area contributed by atoms with Crippen LogP contribution in [0.5, 0.6) is 0 Å². The zero-order valence-corrected chi connectivity index (χ0v) is 13.0. The zero-order valence-electron chi connectivity index (χ0n) is 13.0. The average Bonchev–Trinajstić information content (AvgIpc) is 2.99. The van der Waals surface area contributed by atoms with E-state index in [1.165, 1.54) is 5.56 Å². The van der Waals surface area contributed by atoms with Gasteiger partial charge in [0, 0.05) is 0 Å². The second-order valence-corrected chi connectivity index (χ2v) is 5.43. The van der Waals surface area contributed by atoms with E-state index in [1.54, 1.807) is 0 Å². The van der Waals surface area contributed by atoms with Crippen molar-refractivity contribution >= 4 is 0 Å². The molecule has 0 aliphatic heterocycles. The Labute approximate surface area is 126 Å². The van der Waals surface area contributed by atoms with Crippen molar-refractivity contribution in [2.24, 2.45) is 0 Å². The Bertz CT molecular complexity index is 547. The topological polar surface area (TPSA) is 59.2 Å². The summed E-state index contributed by atoms with van der Waals surface area (Å²) in [4.78, 5) is 4.55. The van der Waals surface area contributed by atoms with Crippen molar-refractivity contribution in [3.05, 3.63) is 47.6 Å². The monoisotopic (exact) mass is 288 g/mol. The Hall–Kier alpha value is -1.68. The molecule has 0 saturated heterocycles. The van der Waals surface area contributed by atoms with E-state index in [-0.39, 0.29) is 5.41 Å². The first kappa shape index (κ1) is 15.7. The third-order valence-corrected chi connectivity index (χ3v) is 4.31. The van der Waals surface area contributed by atoms with Crippen LogP contribution in [0.4, 0.5) is 0 Å². The van der Waals surface area contributed by atoms with Gasteiger partial charge in [0.15, 0.2) is 5.82 Å². The summed E-state index contributed by atoms with van der Waals surface area (Å²) in [5.41, 5.74) is 0.985. The molecule has 0 amide bonds. The van der Waals surface area contributed by atoms with E-state index in [1.807, 2.05) is 25.1 Å². The molecule has 1 unspecified atom stereocenters. The second-order valence-electron chi connectivity index (χ2n) is 5.43. The lowest BCUT2D eigenvalue weighted by Gasteiger charge is -2.28. The lowest BCUT2D eigenvalue weighted by Crippen LogP contribution is -2.27. The average molecular weight is 288 g/mol. The van der Waals surface area contributed by atoms with Crippen LogP contribution in [0.3, 0.4) is 0 Å². The first-order valence-electron chi connectivity index (χ1n) is 7.72. The Morgan fingerprint density at radius 3 is 2.38 bits per heavy atom.